The van der Waals surface area contributed by atoms with Crippen LogP contribution in [-0.4, -0.2) is 34.6 Å². The van der Waals surface area contributed by atoms with Crippen LogP contribution >= 0.6 is 0 Å². The van der Waals surface area contributed by atoms with Crippen LogP contribution in [0.2, 0.25) is 0 Å². The van der Waals surface area contributed by atoms with Crippen LogP contribution in [0.3, 0.4) is 0 Å². The van der Waals surface area contributed by atoms with E-state index >= 15 is 0 Å². The van der Waals surface area contributed by atoms with E-state index in [1.54, 1.807) is 11.8 Å². The van der Waals surface area contributed by atoms with Gasteiger partial charge in [0, 0.05) is 5.92 Å². The summed E-state index contributed by atoms with van der Waals surface area (Å²) in [6.45, 7) is 2.79. The highest BCUT2D eigenvalue weighted by Crippen LogP contribution is 2.26. The molecule has 0 aromatic heterocycles. The molecule has 1 fully saturated rings. The molecule has 1 unspecified atom stereocenters. The topological polar surface area (TPSA) is 40.5 Å². The van der Waals surface area contributed by atoms with Crippen LogP contribution in [0, 0.1) is 5.92 Å². The zero-order valence-electron chi connectivity index (χ0n) is 8.57. The maximum atomic E-state index is 11.8. The van der Waals surface area contributed by atoms with E-state index in [0.717, 1.165) is 19.3 Å². The summed E-state index contributed by atoms with van der Waals surface area (Å²) in [4.78, 5) is 13.6. The third-order valence-corrected chi connectivity index (χ3v) is 2.99. The number of carbonyl (C=O) groups excluding carboxylic acids is 1. The van der Waals surface area contributed by atoms with Gasteiger partial charge in [-0.15, -0.1) is 0 Å². The van der Waals surface area contributed by atoms with Crippen LogP contribution in [0.25, 0.3) is 0 Å². The minimum atomic E-state index is -0.639. The van der Waals surface area contributed by atoms with E-state index in [1.165, 1.54) is 0 Å². The predicted octanol–water partition coefficient (Wildman–Crippen LogP) is 0.936. The largest absolute Gasteiger partial charge is 0.386 e. The number of likely N-dealkylation sites (tertiary alicyclic amines) is 1. The summed E-state index contributed by atoms with van der Waals surface area (Å²) < 4.78 is 0. The molecular formula is C11H17NO2. The third-order valence-electron chi connectivity index (χ3n) is 2.99. The molecule has 0 aromatic carbocycles. The summed E-state index contributed by atoms with van der Waals surface area (Å²) in [5, 5.41) is 9.52. The fourth-order valence-corrected chi connectivity index (χ4v) is 2.21. The number of aliphatic hydroxyl groups is 1. The van der Waals surface area contributed by atoms with Crippen molar-refractivity contribution < 1.29 is 9.90 Å². The molecule has 1 aliphatic heterocycles. The van der Waals surface area contributed by atoms with Gasteiger partial charge in [0.05, 0.1) is 18.7 Å². The minimum Gasteiger partial charge on any atom is -0.386 e. The second-order valence-corrected chi connectivity index (χ2v) is 4.67. The molecule has 0 radical (unpaired) electrons. The van der Waals surface area contributed by atoms with E-state index in [9.17, 15) is 9.90 Å². The molecule has 1 atom stereocenters. The number of rotatable bonds is 1. The molecular weight excluding hydrogens is 178 g/mol. The van der Waals surface area contributed by atoms with Crippen molar-refractivity contribution in [3.8, 4) is 0 Å². The number of hydrogen-bond donors (Lipinski definition) is 1. The molecule has 0 saturated carbocycles. The lowest BCUT2D eigenvalue weighted by Gasteiger charge is -2.45. The highest BCUT2D eigenvalue weighted by molar-refractivity contribution is 5.80. The Morgan fingerprint density at radius 1 is 1.50 bits per heavy atom. The van der Waals surface area contributed by atoms with E-state index in [4.69, 9.17) is 0 Å². The summed E-state index contributed by atoms with van der Waals surface area (Å²) in [6, 6.07) is 0. The van der Waals surface area contributed by atoms with Crippen molar-refractivity contribution >= 4 is 5.91 Å². The summed E-state index contributed by atoms with van der Waals surface area (Å²) >= 11 is 0. The maximum absolute atomic E-state index is 11.8. The first kappa shape index (κ1) is 9.71. The first-order chi connectivity index (χ1) is 6.58. The first-order valence-corrected chi connectivity index (χ1v) is 5.25. The highest BCUT2D eigenvalue weighted by atomic mass is 16.3. The number of allylic oxidation sites excluding steroid dienone is 2. The van der Waals surface area contributed by atoms with Gasteiger partial charge in [-0.25, -0.2) is 0 Å². The Morgan fingerprint density at radius 2 is 2.21 bits per heavy atom. The van der Waals surface area contributed by atoms with Gasteiger partial charge in [-0.2, -0.15) is 0 Å². The molecule has 1 heterocycles. The Hall–Kier alpha value is -0.830. The summed E-state index contributed by atoms with van der Waals surface area (Å²) in [5.74, 6) is 0.386. The highest BCUT2D eigenvalue weighted by Gasteiger charge is 2.41. The van der Waals surface area contributed by atoms with E-state index in [-0.39, 0.29) is 11.8 Å². The molecule has 2 aliphatic rings. The van der Waals surface area contributed by atoms with Gasteiger partial charge in [-0.05, 0) is 26.2 Å². The molecule has 3 nitrogen and oxygen atoms in total. The van der Waals surface area contributed by atoms with Gasteiger partial charge >= 0.3 is 0 Å². The van der Waals surface area contributed by atoms with Crippen molar-refractivity contribution in [3.63, 3.8) is 0 Å². The van der Waals surface area contributed by atoms with Crippen LogP contribution in [0.15, 0.2) is 12.2 Å². The normalized spacial score (nSPS) is 29.9. The lowest BCUT2D eigenvalue weighted by molar-refractivity contribution is -0.156. The number of nitrogens with zero attached hydrogens (tertiary/aromatic N) is 1. The number of β-amino-alcohol motifs (C(OH)–C–C–N with tert-alkyl or cyclic N) is 1. The second-order valence-electron chi connectivity index (χ2n) is 4.67. The van der Waals surface area contributed by atoms with Gasteiger partial charge in [-0.3, -0.25) is 4.79 Å². The van der Waals surface area contributed by atoms with Crippen molar-refractivity contribution in [1.29, 1.82) is 0 Å². The van der Waals surface area contributed by atoms with Crippen LogP contribution in [-0.2, 0) is 4.79 Å². The lowest BCUT2D eigenvalue weighted by Crippen LogP contribution is -2.62. The van der Waals surface area contributed by atoms with E-state index in [1.807, 2.05) is 0 Å². The molecule has 1 amide bonds. The van der Waals surface area contributed by atoms with Crippen molar-refractivity contribution in [3.05, 3.63) is 12.2 Å². The van der Waals surface area contributed by atoms with Crippen LogP contribution in [0.1, 0.15) is 26.2 Å². The molecule has 1 aliphatic carbocycles. The Morgan fingerprint density at radius 3 is 2.71 bits per heavy atom. The fourth-order valence-electron chi connectivity index (χ4n) is 2.21. The van der Waals surface area contributed by atoms with Gasteiger partial charge in [0.15, 0.2) is 0 Å². The standard InChI is InChI=1S/C11H17NO2/c1-11(14)7-12(8-11)10(13)9-5-3-2-4-6-9/h2-3,9,14H,4-8H2,1H3. The second kappa shape index (κ2) is 3.39. The molecule has 1 N–H and O–H groups in total. The predicted molar refractivity (Wildman–Crippen MR) is 53.7 cm³/mol. The monoisotopic (exact) mass is 195 g/mol. The van der Waals surface area contributed by atoms with Crippen molar-refractivity contribution in [1.82, 2.24) is 4.90 Å². The maximum Gasteiger partial charge on any atom is 0.226 e. The quantitative estimate of drug-likeness (QED) is 0.632. The number of amides is 1. The fraction of sp³-hybridized carbons (Fsp3) is 0.727. The Kier molecular flexibility index (Phi) is 2.35. The van der Waals surface area contributed by atoms with Gasteiger partial charge in [0.25, 0.3) is 0 Å². The average Bonchev–Trinajstić information content (AvgIpc) is 2.14. The van der Waals surface area contributed by atoms with Gasteiger partial charge in [-0.1, -0.05) is 12.2 Å². The number of hydrogen-bond acceptors (Lipinski definition) is 2. The lowest BCUT2D eigenvalue weighted by atomic mass is 9.89. The third kappa shape index (κ3) is 1.82. The molecule has 78 valence electrons. The first-order valence-electron chi connectivity index (χ1n) is 5.25. The Labute approximate surface area is 84.4 Å². The van der Waals surface area contributed by atoms with E-state index in [2.05, 4.69) is 12.2 Å². The summed E-state index contributed by atoms with van der Waals surface area (Å²) in [6.07, 6.45) is 7.08. The minimum absolute atomic E-state index is 0.163. The SMILES string of the molecule is CC1(O)CN(C(=O)C2CC=CCC2)C1. The van der Waals surface area contributed by atoms with Crippen LogP contribution < -0.4 is 0 Å². The molecule has 1 saturated heterocycles. The summed E-state index contributed by atoms with van der Waals surface area (Å²) in [5.41, 5.74) is -0.639. The van der Waals surface area contributed by atoms with E-state index in [0.29, 0.717) is 13.1 Å². The Balaban J connectivity index is 1.87. The average molecular weight is 195 g/mol. The molecule has 0 bridgehead atoms. The molecule has 3 heteroatoms. The van der Waals surface area contributed by atoms with Crippen molar-refractivity contribution in [2.24, 2.45) is 5.92 Å². The smallest absolute Gasteiger partial charge is 0.226 e. The zero-order valence-corrected chi connectivity index (χ0v) is 8.57. The van der Waals surface area contributed by atoms with Gasteiger partial charge in [0.2, 0.25) is 5.91 Å². The van der Waals surface area contributed by atoms with Crippen LogP contribution in [0.4, 0.5) is 0 Å². The van der Waals surface area contributed by atoms with E-state index < -0.39 is 5.60 Å². The Bertz CT molecular complexity index is 262. The summed E-state index contributed by atoms with van der Waals surface area (Å²) in [7, 11) is 0. The van der Waals surface area contributed by atoms with Gasteiger partial charge < -0.3 is 10.0 Å². The van der Waals surface area contributed by atoms with Crippen LogP contribution in [0.5, 0.6) is 0 Å². The number of carbonyl (C=O) groups is 1. The zero-order chi connectivity index (χ0) is 10.2. The van der Waals surface area contributed by atoms with Crippen molar-refractivity contribution in [2.75, 3.05) is 13.1 Å². The van der Waals surface area contributed by atoms with Gasteiger partial charge in [0.1, 0.15) is 0 Å². The molecule has 0 aromatic rings. The molecule has 14 heavy (non-hydrogen) atoms. The molecule has 0 spiro atoms. The molecule has 2 rings (SSSR count). The van der Waals surface area contributed by atoms with Crippen molar-refractivity contribution in [2.45, 2.75) is 31.8 Å².